The second-order valence-corrected chi connectivity index (χ2v) is 8.67. The van der Waals surface area contributed by atoms with Gasteiger partial charge in [0.2, 0.25) is 0 Å². The van der Waals surface area contributed by atoms with Crippen molar-refractivity contribution >= 4 is 43.9 Å². The lowest BCUT2D eigenvalue weighted by Crippen LogP contribution is -1.93. The van der Waals surface area contributed by atoms with Crippen LogP contribution in [0.3, 0.4) is 0 Å². The maximum atomic E-state index is 6.15. The van der Waals surface area contributed by atoms with Crippen LogP contribution in [0, 0.1) is 0 Å². The highest BCUT2D eigenvalue weighted by atomic mass is 16.3. The minimum atomic E-state index is 0.642. The maximum absolute atomic E-state index is 6.15. The first-order valence-corrected chi connectivity index (χ1v) is 11.5. The topological polar surface area (TPSA) is 78.3 Å². The number of fused-ring (bicyclic) bond motifs is 4. The molecule has 0 unspecified atom stereocenters. The summed E-state index contributed by atoms with van der Waals surface area (Å²) in [6.45, 7) is 0. The predicted octanol–water partition coefficient (Wildman–Crippen LogP) is 8.46. The van der Waals surface area contributed by atoms with E-state index in [2.05, 4.69) is 0 Å². The largest absolute Gasteiger partial charge is 0.464 e. The van der Waals surface area contributed by atoms with E-state index in [4.69, 9.17) is 27.6 Å². The van der Waals surface area contributed by atoms with Crippen LogP contribution in [0.2, 0.25) is 0 Å². The summed E-state index contributed by atoms with van der Waals surface area (Å²) >= 11 is 0. The van der Waals surface area contributed by atoms with Gasteiger partial charge in [0.25, 0.3) is 0 Å². The van der Waals surface area contributed by atoms with Crippen molar-refractivity contribution < 1.29 is 17.7 Å². The molecule has 8 aromatic rings. The third-order valence-corrected chi connectivity index (χ3v) is 6.48. The summed E-state index contributed by atoms with van der Waals surface area (Å²) < 4.78 is 23.9. The van der Waals surface area contributed by atoms with Gasteiger partial charge in [0.1, 0.15) is 33.7 Å². The lowest BCUT2D eigenvalue weighted by atomic mass is 10.1. The minimum Gasteiger partial charge on any atom is -0.464 e. The third kappa shape index (κ3) is 2.85. The number of benzene rings is 2. The van der Waals surface area contributed by atoms with Gasteiger partial charge in [-0.05, 0) is 36.4 Å². The third-order valence-electron chi connectivity index (χ3n) is 6.48. The molecule has 0 aliphatic rings. The number of hydrogen-bond acceptors (Lipinski definition) is 6. The van der Waals surface area contributed by atoms with Crippen LogP contribution in [0.25, 0.3) is 78.2 Å². The first kappa shape index (κ1) is 19.2. The van der Waals surface area contributed by atoms with Crippen molar-refractivity contribution in [3.05, 3.63) is 97.5 Å². The van der Waals surface area contributed by atoms with Crippen LogP contribution in [-0.2, 0) is 0 Å². The van der Waals surface area contributed by atoms with Gasteiger partial charge < -0.3 is 17.7 Å². The Labute approximate surface area is 203 Å². The van der Waals surface area contributed by atoms with E-state index < -0.39 is 0 Å². The van der Waals surface area contributed by atoms with Gasteiger partial charge in [0.15, 0.2) is 11.5 Å². The van der Waals surface area contributed by atoms with Gasteiger partial charge in [-0.1, -0.05) is 36.4 Å². The van der Waals surface area contributed by atoms with Crippen molar-refractivity contribution in [2.75, 3.05) is 0 Å². The number of hydrogen-bond donors (Lipinski definition) is 0. The molecule has 170 valence electrons. The molecule has 2 aromatic carbocycles. The van der Waals surface area contributed by atoms with E-state index in [0.717, 1.165) is 32.7 Å². The van der Waals surface area contributed by atoms with Gasteiger partial charge >= 0.3 is 0 Å². The molecule has 6 heterocycles. The van der Waals surface area contributed by atoms with Crippen molar-refractivity contribution in [3.63, 3.8) is 0 Å². The molecule has 0 N–H and O–H groups in total. The second-order valence-electron chi connectivity index (χ2n) is 8.67. The highest BCUT2D eigenvalue weighted by Gasteiger charge is 2.20. The van der Waals surface area contributed by atoms with Crippen molar-refractivity contribution in [2.24, 2.45) is 0 Å². The molecule has 0 fully saturated rings. The Morgan fingerprint density at radius 1 is 0.472 bits per heavy atom. The van der Waals surface area contributed by atoms with Crippen LogP contribution < -0.4 is 0 Å². The van der Waals surface area contributed by atoms with E-state index in [1.165, 1.54) is 0 Å². The Hall–Kier alpha value is -5.10. The molecule has 0 bridgehead atoms. The summed E-state index contributed by atoms with van der Waals surface area (Å²) in [4.78, 5) is 9.98. The molecule has 0 saturated heterocycles. The monoisotopic (exact) mass is 468 g/mol. The summed E-state index contributed by atoms with van der Waals surface area (Å²) in [6, 6.07) is 27.4. The van der Waals surface area contributed by atoms with Crippen LogP contribution in [-0.4, -0.2) is 9.97 Å². The molecule has 36 heavy (non-hydrogen) atoms. The summed E-state index contributed by atoms with van der Waals surface area (Å²) in [6.07, 6.45) is 3.32. The Kier molecular flexibility index (Phi) is 3.85. The average molecular weight is 468 g/mol. The number of rotatable bonds is 3. The van der Waals surface area contributed by atoms with E-state index in [1.807, 2.05) is 84.9 Å². The van der Waals surface area contributed by atoms with Crippen molar-refractivity contribution in [3.8, 4) is 34.3 Å². The Balaban J connectivity index is 1.36. The maximum Gasteiger partial charge on any atom is 0.154 e. The van der Waals surface area contributed by atoms with E-state index in [-0.39, 0.29) is 0 Å². The molecule has 0 aliphatic carbocycles. The fourth-order valence-electron chi connectivity index (χ4n) is 4.77. The standard InChI is InChI=1S/C30H16N2O4/c1-3-7-23-17(5-1)13-27(35-23)29-19-9-11-33-25(19)15-21(31-29)22-16-26-20(10-12-34-26)30(32-22)28-14-18-6-2-4-8-24(18)36-28/h1-16H. The molecular weight excluding hydrogens is 452 g/mol. The molecule has 0 aliphatic heterocycles. The van der Waals surface area contributed by atoms with Crippen LogP contribution in [0.4, 0.5) is 0 Å². The predicted molar refractivity (Wildman–Crippen MR) is 137 cm³/mol. The van der Waals surface area contributed by atoms with Crippen LogP contribution in [0.1, 0.15) is 0 Å². The SMILES string of the molecule is c1ccc2oc(-c3nc(-c4cc5occc5c(-c5cc6ccccc6o5)n4)cc4occc34)cc2c1. The van der Waals surface area contributed by atoms with Gasteiger partial charge in [0.05, 0.1) is 23.9 Å². The van der Waals surface area contributed by atoms with Gasteiger partial charge in [-0.25, -0.2) is 9.97 Å². The zero-order valence-corrected chi connectivity index (χ0v) is 18.8. The highest BCUT2D eigenvalue weighted by Crippen LogP contribution is 2.37. The normalized spacial score (nSPS) is 11.9. The van der Waals surface area contributed by atoms with Crippen LogP contribution in [0.15, 0.2) is 115 Å². The number of furan rings is 4. The smallest absolute Gasteiger partial charge is 0.154 e. The highest BCUT2D eigenvalue weighted by molar-refractivity contribution is 5.98. The molecule has 0 amide bonds. The molecule has 0 radical (unpaired) electrons. The van der Waals surface area contributed by atoms with Crippen molar-refractivity contribution in [1.82, 2.24) is 9.97 Å². The number of para-hydroxylation sites is 2. The summed E-state index contributed by atoms with van der Waals surface area (Å²) in [5.74, 6) is 1.34. The van der Waals surface area contributed by atoms with Gasteiger partial charge in [-0.3, -0.25) is 0 Å². The molecule has 0 atom stereocenters. The van der Waals surface area contributed by atoms with Gasteiger partial charge in [-0.2, -0.15) is 0 Å². The fourth-order valence-corrected chi connectivity index (χ4v) is 4.77. The summed E-state index contributed by atoms with van der Waals surface area (Å²) in [5.41, 5.74) is 5.67. The Morgan fingerprint density at radius 3 is 1.42 bits per heavy atom. The van der Waals surface area contributed by atoms with E-state index in [1.54, 1.807) is 12.5 Å². The van der Waals surface area contributed by atoms with Gasteiger partial charge in [0, 0.05) is 33.7 Å². The summed E-state index contributed by atoms with van der Waals surface area (Å²) in [5, 5.41) is 3.76. The minimum absolute atomic E-state index is 0.642. The zero-order chi connectivity index (χ0) is 23.6. The quantitative estimate of drug-likeness (QED) is 0.259. The number of aromatic nitrogens is 2. The number of nitrogens with zero attached hydrogens (tertiary/aromatic N) is 2. The molecule has 0 spiro atoms. The molecule has 8 rings (SSSR count). The lowest BCUT2D eigenvalue weighted by Gasteiger charge is -2.07. The fraction of sp³-hybridized carbons (Fsp3) is 0. The van der Waals surface area contributed by atoms with Crippen LogP contribution in [0.5, 0.6) is 0 Å². The summed E-state index contributed by atoms with van der Waals surface area (Å²) in [7, 11) is 0. The van der Waals surface area contributed by atoms with Crippen molar-refractivity contribution in [1.29, 1.82) is 0 Å². The van der Waals surface area contributed by atoms with Crippen LogP contribution >= 0.6 is 0 Å². The van der Waals surface area contributed by atoms with E-state index in [9.17, 15) is 0 Å². The van der Waals surface area contributed by atoms with Gasteiger partial charge in [-0.15, -0.1) is 0 Å². The van der Waals surface area contributed by atoms with E-state index >= 15 is 0 Å². The first-order chi connectivity index (χ1) is 17.8. The Bertz CT molecular complexity index is 1860. The second kappa shape index (κ2) is 7.20. The Morgan fingerprint density at radius 2 is 0.944 bits per heavy atom. The molecule has 6 nitrogen and oxygen atoms in total. The molecular formula is C30H16N2O4. The average Bonchev–Trinajstić information content (AvgIpc) is 3.71. The zero-order valence-electron chi connectivity index (χ0n) is 18.8. The van der Waals surface area contributed by atoms with Crippen molar-refractivity contribution in [2.45, 2.75) is 0 Å². The van der Waals surface area contributed by atoms with E-state index in [0.29, 0.717) is 45.5 Å². The lowest BCUT2D eigenvalue weighted by molar-refractivity contribution is 0.613. The number of pyridine rings is 2. The molecule has 6 heteroatoms. The molecule has 0 saturated carbocycles. The first-order valence-electron chi connectivity index (χ1n) is 11.5. The molecule has 6 aromatic heterocycles.